The molecule has 2 N–H and O–H groups in total. The third-order valence-corrected chi connectivity index (χ3v) is 4.86. The molecule has 152 valence electrons. The molecule has 0 unspecified atom stereocenters. The van der Waals surface area contributed by atoms with Gasteiger partial charge in [0.1, 0.15) is 5.69 Å². The van der Waals surface area contributed by atoms with E-state index in [0.29, 0.717) is 16.9 Å². The fraction of sp³-hybridized carbons (Fsp3) is 0.208. The van der Waals surface area contributed by atoms with Gasteiger partial charge in [-0.2, -0.15) is 5.26 Å². The van der Waals surface area contributed by atoms with Gasteiger partial charge in [-0.1, -0.05) is 6.07 Å². The zero-order valence-electron chi connectivity index (χ0n) is 17.4. The summed E-state index contributed by atoms with van der Waals surface area (Å²) in [5.74, 6) is -0.331. The van der Waals surface area contributed by atoms with Gasteiger partial charge in [0, 0.05) is 42.0 Å². The number of anilines is 4. The van der Waals surface area contributed by atoms with E-state index in [2.05, 4.69) is 65.6 Å². The Balaban J connectivity index is 1.75. The zero-order chi connectivity index (χ0) is 21.5. The van der Waals surface area contributed by atoms with Crippen LogP contribution in [0, 0.1) is 18.3 Å². The van der Waals surface area contributed by atoms with Crippen molar-refractivity contribution in [2.24, 2.45) is 0 Å². The summed E-state index contributed by atoms with van der Waals surface area (Å²) in [5, 5.41) is 15.2. The molecule has 1 aromatic heterocycles. The number of pyridine rings is 1. The maximum atomic E-state index is 12.6. The topological polar surface area (TPSA) is 81.1 Å². The predicted molar refractivity (Wildman–Crippen MR) is 121 cm³/mol. The summed E-state index contributed by atoms with van der Waals surface area (Å²) in [6.45, 7) is 8.27. The number of hydrogen-bond donors (Lipinski definition) is 2. The molecule has 0 saturated carbocycles. The second kappa shape index (κ2) is 9.57. The van der Waals surface area contributed by atoms with Gasteiger partial charge in [0.2, 0.25) is 0 Å². The van der Waals surface area contributed by atoms with Crippen LogP contribution in [-0.4, -0.2) is 24.0 Å². The van der Waals surface area contributed by atoms with E-state index >= 15 is 0 Å². The largest absolute Gasteiger partial charge is 0.372 e. The molecule has 0 atom stereocenters. The van der Waals surface area contributed by atoms with Gasteiger partial charge in [-0.05, 0) is 74.9 Å². The van der Waals surface area contributed by atoms with Gasteiger partial charge in [0.25, 0.3) is 5.91 Å². The maximum Gasteiger partial charge on any atom is 0.274 e. The lowest BCUT2D eigenvalue weighted by atomic mass is 10.1. The van der Waals surface area contributed by atoms with Crippen molar-refractivity contribution in [3.8, 4) is 6.07 Å². The minimum atomic E-state index is -0.331. The number of aromatic nitrogens is 1. The van der Waals surface area contributed by atoms with Crippen LogP contribution in [-0.2, 0) is 0 Å². The number of benzene rings is 2. The molecule has 0 aliphatic heterocycles. The van der Waals surface area contributed by atoms with Gasteiger partial charge in [0.15, 0.2) is 0 Å². The van der Waals surface area contributed by atoms with Crippen LogP contribution in [0.2, 0.25) is 0 Å². The van der Waals surface area contributed by atoms with Crippen LogP contribution in [0.5, 0.6) is 0 Å². The minimum Gasteiger partial charge on any atom is -0.372 e. The highest BCUT2D eigenvalue weighted by molar-refractivity contribution is 6.03. The monoisotopic (exact) mass is 399 g/mol. The van der Waals surface area contributed by atoms with Crippen molar-refractivity contribution < 1.29 is 4.79 Å². The SMILES string of the molecule is CCN(CC)c1ccc(Nc2ccnc(C(=O)Nc3cccc(C#N)c3)c2)c(C)c1. The highest BCUT2D eigenvalue weighted by atomic mass is 16.1. The van der Waals surface area contributed by atoms with Gasteiger partial charge in [0.05, 0.1) is 11.6 Å². The summed E-state index contributed by atoms with van der Waals surface area (Å²) in [7, 11) is 0. The third kappa shape index (κ3) is 4.95. The molecule has 1 amide bonds. The highest BCUT2D eigenvalue weighted by Crippen LogP contribution is 2.26. The summed E-state index contributed by atoms with van der Waals surface area (Å²) >= 11 is 0. The molecule has 1 heterocycles. The summed E-state index contributed by atoms with van der Waals surface area (Å²) in [4.78, 5) is 19.1. The molecular weight excluding hydrogens is 374 g/mol. The summed E-state index contributed by atoms with van der Waals surface area (Å²) in [6.07, 6.45) is 1.60. The van der Waals surface area contributed by atoms with Crippen molar-refractivity contribution in [3.05, 3.63) is 77.6 Å². The van der Waals surface area contributed by atoms with E-state index in [-0.39, 0.29) is 5.91 Å². The fourth-order valence-corrected chi connectivity index (χ4v) is 3.22. The molecule has 0 aliphatic carbocycles. The molecule has 3 rings (SSSR count). The molecule has 6 heteroatoms. The second-order valence-electron chi connectivity index (χ2n) is 6.87. The Morgan fingerprint density at radius 3 is 2.57 bits per heavy atom. The first-order valence-electron chi connectivity index (χ1n) is 9.94. The molecule has 30 heavy (non-hydrogen) atoms. The van der Waals surface area contributed by atoms with E-state index in [1.165, 1.54) is 5.69 Å². The third-order valence-electron chi connectivity index (χ3n) is 4.86. The molecule has 0 radical (unpaired) electrons. The fourth-order valence-electron chi connectivity index (χ4n) is 3.22. The molecule has 0 fully saturated rings. The average Bonchev–Trinajstić information content (AvgIpc) is 2.76. The van der Waals surface area contributed by atoms with Crippen LogP contribution in [0.4, 0.5) is 22.7 Å². The molecule has 2 aromatic carbocycles. The molecule has 3 aromatic rings. The maximum absolute atomic E-state index is 12.6. The first-order valence-corrected chi connectivity index (χ1v) is 9.94. The molecule has 0 saturated heterocycles. The van der Waals surface area contributed by atoms with Crippen molar-refractivity contribution in [2.45, 2.75) is 20.8 Å². The first kappa shape index (κ1) is 20.9. The van der Waals surface area contributed by atoms with Gasteiger partial charge in [-0.15, -0.1) is 0 Å². The highest BCUT2D eigenvalue weighted by Gasteiger charge is 2.10. The lowest BCUT2D eigenvalue weighted by Gasteiger charge is -2.22. The average molecular weight is 399 g/mol. The van der Waals surface area contributed by atoms with E-state index in [0.717, 1.165) is 30.0 Å². The van der Waals surface area contributed by atoms with E-state index in [4.69, 9.17) is 5.26 Å². The lowest BCUT2D eigenvalue weighted by molar-refractivity contribution is 0.102. The number of carbonyl (C=O) groups excluding carboxylic acids is 1. The van der Waals surface area contributed by atoms with Gasteiger partial charge in [-0.25, -0.2) is 0 Å². The van der Waals surface area contributed by atoms with Crippen LogP contribution < -0.4 is 15.5 Å². The van der Waals surface area contributed by atoms with E-state index < -0.39 is 0 Å². The van der Waals surface area contributed by atoms with Crippen molar-refractivity contribution in [1.29, 1.82) is 5.26 Å². The molecule has 6 nitrogen and oxygen atoms in total. The van der Waals surface area contributed by atoms with E-state index in [1.54, 1.807) is 36.5 Å². The molecule has 0 spiro atoms. The number of amides is 1. The Morgan fingerprint density at radius 2 is 1.87 bits per heavy atom. The number of nitrogens with one attached hydrogen (secondary N) is 2. The smallest absolute Gasteiger partial charge is 0.274 e. The number of rotatable bonds is 7. The Morgan fingerprint density at radius 1 is 1.07 bits per heavy atom. The number of aryl methyl sites for hydroxylation is 1. The minimum absolute atomic E-state index is 0.291. The van der Waals surface area contributed by atoms with E-state index in [9.17, 15) is 4.79 Å². The molecule has 0 bridgehead atoms. The normalized spacial score (nSPS) is 10.2. The molecular formula is C24H25N5O. The Labute approximate surface area is 177 Å². The van der Waals surface area contributed by atoms with Crippen molar-refractivity contribution in [3.63, 3.8) is 0 Å². The Kier molecular flexibility index (Phi) is 6.66. The van der Waals surface area contributed by atoms with Crippen LogP contribution in [0.1, 0.15) is 35.5 Å². The van der Waals surface area contributed by atoms with Crippen molar-refractivity contribution in [1.82, 2.24) is 4.98 Å². The Hall–Kier alpha value is -3.85. The van der Waals surface area contributed by atoms with Crippen molar-refractivity contribution >= 4 is 28.7 Å². The number of nitrogens with zero attached hydrogens (tertiary/aromatic N) is 3. The van der Waals surface area contributed by atoms with Gasteiger partial charge < -0.3 is 15.5 Å². The van der Waals surface area contributed by atoms with Gasteiger partial charge >= 0.3 is 0 Å². The first-order chi connectivity index (χ1) is 14.5. The quantitative estimate of drug-likeness (QED) is 0.577. The van der Waals surface area contributed by atoms with E-state index in [1.807, 2.05) is 6.07 Å². The predicted octanol–water partition coefficient (Wildman–Crippen LogP) is 5.10. The second-order valence-corrected chi connectivity index (χ2v) is 6.87. The van der Waals surface area contributed by atoms with Crippen LogP contribution in [0.3, 0.4) is 0 Å². The number of nitriles is 1. The summed E-state index contributed by atoms with van der Waals surface area (Å²) < 4.78 is 0. The van der Waals surface area contributed by atoms with Crippen LogP contribution >= 0.6 is 0 Å². The summed E-state index contributed by atoms with van der Waals surface area (Å²) in [6, 6.07) is 18.7. The summed E-state index contributed by atoms with van der Waals surface area (Å²) in [5.41, 5.74) is 5.40. The van der Waals surface area contributed by atoms with Gasteiger partial charge in [-0.3, -0.25) is 9.78 Å². The standard InChI is InChI=1S/C24H25N5O/c1-4-29(5-2)21-9-10-22(17(3)13-21)27-20-11-12-26-23(15-20)24(30)28-19-8-6-7-18(14-19)16-25/h6-15H,4-5H2,1-3H3,(H,26,27)(H,28,30). The lowest BCUT2D eigenvalue weighted by Crippen LogP contribution is -2.21. The Bertz CT molecular complexity index is 1080. The number of carbonyl (C=O) groups is 1. The van der Waals surface area contributed by atoms with Crippen LogP contribution in [0.15, 0.2) is 60.8 Å². The number of hydrogen-bond acceptors (Lipinski definition) is 5. The molecule has 0 aliphatic rings. The van der Waals surface area contributed by atoms with Crippen molar-refractivity contribution in [2.75, 3.05) is 28.6 Å². The zero-order valence-corrected chi connectivity index (χ0v) is 17.4. The van der Waals surface area contributed by atoms with Crippen LogP contribution in [0.25, 0.3) is 0 Å².